The van der Waals surface area contributed by atoms with Gasteiger partial charge in [0.05, 0.1) is 0 Å². The van der Waals surface area contributed by atoms with Crippen LogP contribution in [0.4, 0.5) is 0 Å². The maximum absolute atomic E-state index is 9.69. The second-order valence-corrected chi connectivity index (χ2v) is 4.97. The number of phenols is 1. The van der Waals surface area contributed by atoms with Crippen molar-refractivity contribution in [2.45, 2.75) is 32.7 Å². The topological polar surface area (TPSA) is 32.3 Å². The zero-order chi connectivity index (χ0) is 10.9. The summed E-state index contributed by atoms with van der Waals surface area (Å²) in [5, 5.41) is 13.2. The van der Waals surface area contributed by atoms with Gasteiger partial charge < -0.3 is 10.4 Å². The zero-order valence-electron chi connectivity index (χ0n) is 9.46. The van der Waals surface area contributed by atoms with E-state index in [0.29, 0.717) is 11.2 Å². The highest BCUT2D eigenvalue weighted by Gasteiger charge is 2.36. The molecule has 0 saturated heterocycles. The fraction of sp³-hybridized carbons (Fsp3) is 0.538. The molecule has 0 spiro atoms. The molecule has 82 valence electrons. The van der Waals surface area contributed by atoms with Gasteiger partial charge in [0.2, 0.25) is 0 Å². The van der Waals surface area contributed by atoms with Gasteiger partial charge in [-0.1, -0.05) is 25.1 Å². The molecule has 0 aromatic heterocycles. The van der Waals surface area contributed by atoms with Gasteiger partial charge in [0.15, 0.2) is 0 Å². The largest absolute Gasteiger partial charge is 0.508 e. The van der Waals surface area contributed by atoms with Crippen molar-refractivity contribution in [1.82, 2.24) is 5.32 Å². The molecule has 1 aromatic carbocycles. The van der Waals surface area contributed by atoms with E-state index in [0.717, 1.165) is 12.1 Å². The fourth-order valence-corrected chi connectivity index (χ4v) is 1.75. The lowest BCUT2D eigenvalue weighted by molar-refractivity contribution is 0.429. The predicted octanol–water partition coefficient (Wildman–Crippen LogP) is 2.84. The van der Waals surface area contributed by atoms with Gasteiger partial charge in [-0.05, 0) is 31.2 Å². The summed E-state index contributed by atoms with van der Waals surface area (Å²) >= 11 is 0. The van der Waals surface area contributed by atoms with Crippen LogP contribution in [0.1, 0.15) is 38.3 Å². The summed E-state index contributed by atoms with van der Waals surface area (Å²) in [5.41, 5.74) is 1.50. The van der Waals surface area contributed by atoms with Crippen LogP contribution < -0.4 is 5.32 Å². The number of benzene rings is 1. The third-order valence-corrected chi connectivity index (χ3v) is 3.34. The number of phenolic OH excluding ortho intramolecular Hbond substituents is 1. The van der Waals surface area contributed by atoms with Gasteiger partial charge in [-0.3, -0.25) is 0 Å². The van der Waals surface area contributed by atoms with E-state index in [2.05, 4.69) is 19.2 Å². The second-order valence-electron chi connectivity index (χ2n) is 4.97. The van der Waals surface area contributed by atoms with Crippen molar-refractivity contribution < 1.29 is 5.11 Å². The summed E-state index contributed by atoms with van der Waals surface area (Å²) in [5.74, 6) is 0.387. The molecule has 1 unspecified atom stereocenters. The Morgan fingerprint density at radius 2 is 2.07 bits per heavy atom. The first-order valence-electron chi connectivity index (χ1n) is 5.62. The van der Waals surface area contributed by atoms with Crippen molar-refractivity contribution in [2.24, 2.45) is 5.41 Å². The van der Waals surface area contributed by atoms with Crippen molar-refractivity contribution in [2.75, 3.05) is 6.54 Å². The Morgan fingerprint density at radius 3 is 2.67 bits per heavy atom. The summed E-state index contributed by atoms with van der Waals surface area (Å²) in [6, 6.07) is 7.76. The molecule has 0 amide bonds. The molecule has 2 heteroatoms. The Balaban J connectivity index is 1.95. The van der Waals surface area contributed by atoms with Crippen LogP contribution >= 0.6 is 0 Å². The molecule has 1 saturated carbocycles. The van der Waals surface area contributed by atoms with E-state index >= 15 is 0 Å². The smallest absolute Gasteiger partial charge is 0.120 e. The Hall–Kier alpha value is -1.02. The number of rotatable bonds is 4. The molecule has 0 radical (unpaired) electrons. The Labute approximate surface area is 91.3 Å². The van der Waals surface area contributed by atoms with Gasteiger partial charge in [-0.15, -0.1) is 0 Å². The fourth-order valence-electron chi connectivity index (χ4n) is 1.75. The highest BCUT2D eigenvalue weighted by Crippen LogP contribution is 2.44. The van der Waals surface area contributed by atoms with Gasteiger partial charge >= 0.3 is 0 Å². The van der Waals surface area contributed by atoms with Gasteiger partial charge in [-0.2, -0.15) is 0 Å². The Morgan fingerprint density at radius 1 is 1.40 bits per heavy atom. The summed E-state index contributed by atoms with van der Waals surface area (Å²) in [4.78, 5) is 0. The highest BCUT2D eigenvalue weighted by atomic mass is 16.3. The Kier molecular flexibility index (Phi) is 2.70. The maximum atomic E-state index is 9.69. The van der Waals surface area contributed by atoms with Gasteiger partial charge in [-0.25, -0.2) is 0 Å². The molecule has 0 bridgehead atoms. The van der Waals surface area contributed by atoms with Crippen molar-refractivity contribution in [3.8, 4) is 5.75 Å². The van der Waals surface area contributed by atoms with Crippen LogP contribution in [0.25, 0.3) is 0 Å². The quantitative estimate of drug-likeness (QED) is 0.792. The normalized spacial score (nSPS) is 19.9. The van der Waals surface area contributed by atoms with Crippen molar-refractivity contribution >= 4 is 0 Å². The van der Waals surface area contributed by atoms with E-state index in [9.17, 15) is 5.11 Å². The van der Waals surface area contributed by atoms with E-state index in [1.165, 1.54) is 12.8 Å². The minimum Gasteiger partial charge on any atom is -0.508 e. The standard InChI is InChI=1S/C13H19NO/c1-10(14-9-13(2)7-8-13)11-5-3-4-6-12(11)15/h3-6,10,14-15H,7-9H2,1-2H3. The monoisotopic (exact) mass is 205 g/mol. The molecule has 1 aliphatic rings. The minimum absolute atomic E-state index is 0.226. The molecule has 15 heavy (non-hydrogen) atoms. The lowest BCUT2D eigenvalue weighted by atomic mass is 10.1. The van der Waals surface area contributed by atoms with E-state index in [-0.39, 0.29) is 6.04 Å². The Bertz CT molecular complexity index is 344. The van der Waals surface area contributed by atoms with Crippen molar-refractivity contribution in [3.05, 3.63) is 29.8 Å². The number of hydrogen-bond donors (Lipinski definition) is 2. The molecule has 0 aliphatic heterocycles. The van der Waals surface area contributed by atoms with Gasteiger partial charge in [0.1, 0.15) is 5.75 Å². The average Bonchev–Trinajstić information content (AvgIpc) is 2.95. The van der Waals surface area contributed by atoms with Crippen LogP contribution in [0.3, 0.4) is 0 Å². The first kappa shape index (κ1) is 10.5. The lowest BCUT2D eigenvalue weighted by Gasteiger charge is -2.18. The first-order valence-corrected chi connectivity index (χ1v) is 5.62. The zero-order valence-corrected chi connectivity index (χ0v) is 9.46. The molecule has 2 N–H and O–H groups in total. The van der Waals surface area contributed by atoms with E-state index in [1.807, 2.05) is 18.2 Å². The van der Waals surface area contributed by atoms with Crippen LogP contribution in [-0.2, 0) is 0 Å². The first-order chi connectivity index (χ1) is 7.11. The predicted molar refractivity (Wildman–Crippen MR) is 61.9 cm³/mol. The summed E-state index contributed by atoms with van der Waals surface area (Å²) in [7, 11) is 0. The molecule has 1 aromatic rings. The average molecular weight is 205 g/mol. The summed E-state index contributed by atoms with van der Waals surface area (Å²) < 4.78 is 0. The van der Waals surface area contributed by atoms with Crippen molar-refractivity contribution in [1.29, 1.82) is 0 Å². The van der Waals surface area contributed by atoms with E-state index < -0.39 is 0 Å². The number of hydrogen-bond acceptors (Lipinski definition) is 2. The molecular weight excluding hydrogens is 186 g/mol. The second kappa shape index (κ2) is 3.86. The third kappa shape index (κ3) is 2.51. The van der Waals surface area contributed by atoms with Crippen LogP contribution in [0, 0.1) is 5.41 Å². The van der Waals surface area contributed by atoms with E-state index in [1.54, 1.807) is 6.07 Å². The SMILES string of the molecule is CC(NCC1(C)CC1)c1ccccc1O. The lowest BCUT2D eigenvalue weighted by Crippen LogP contribution is -2.25. The molecule has 2 nitrogen and oxygen atoms in total. The molecule has 2 rings (SSSR count). The summed E-state index contributed by atoms with van der Waals surface area (Å²) in [6.07, 6.45) is 2.65. The molecule has 1 fully saturated rings. The van der Waals surface area contributed by atoms with Crippen LogP contribution in [0.5, 0.6) is 5.75 Å². The molecule has 1 atom stereocenters. The minimum atomic E-state index is 0.226. The molecular formula is C13H19NO. The van der Waals surface area contributed by atoms with Crippen LogP contribution in [0.2, 0.25) is 0 Å². The van der Waals surface area contributed by atoms with Crippen molar-refractivity contribution in [3.63, 3.8) is 0 Å². The number of aromatic hydroxyl groups is 1. The number of para-hydroxylation sites is 1. The van der Waals surface area contributed by atoms with Gasteiger partial charge in [0, 0.05) is 18.2 Å². The summed E-state index contributed by atoms with van der Waals surface area (Å²) in [6.45, 7) is 5.45. The van der Waals surface area contributed by atoms with Crippen LogP contribution in [-0.4, -0.2) is 11.7 Å². The number of nitrogens with one attached hydrogen (secondary N) is 1. The van der Waals surface area contributed by atoms with Gasteiger partial charge in [0.25, 0.3) is 0 Å². The van der Waals surface area contributed by atoms with Crippen LogP contribution in [0.15, 0.2) is 24.3 Å². The maximum Gasteiger partial charge on any atom is 0.120 e. The molecule has 1 aliphatic carbocycles. The van der Waals surface area contributed by atoms with E-state index in [4.69, 9.17) is 0 Å². The highest BCUT2D eigenvalue weighted by molar-refractivity contribution is 5.34. The molecule has 0 heterocycles. The third-order valence-electron chi connectivity index (χ3n) is 3.34.